The molecule has 1 aromatic rings. The lowest BCUT2D eigenvalue weighted by Gasteiger charge is -2.55. The molecule has 0 bridgehead atoms. The van der Waals surface area contributed by atoms with E-state index in [1.54, 1.807) is 6.20 Å². The summed E-state index contributed by atoms with van der Waals surface area (Å²) in [5.41, 5.74) is 2.23. The highest BCUT2D eigenvalue weighted by Gasteiger charge is 2.52. The molecule has 42 heavy (non-hydrogen) atoms. The number of fused-ring (bicyclic) bond motifs is 1. The maximum absolute atomic E-state index is 13.5. The molecule has 4 atom stereocenters. The molecule has 5 saturated heterocycles. The second-order valence-electron chi connectivity index (χ2n) is 13.8. The van der Waals surface area contributed by atoms with Crippen LogP contribution >= 0.6 is 0 Å². The van der Waals surface area contributed by atoms with E-state index in [2.05, 4.69) is 23.7 Å². The molecule has 1 spiro atoms. The fourth-order valence-electron chi connectivity index (χ4n) is 8.42. The van der Waals surface area contributed by atoms with Gasteiger partial charge in [-0.1, -0.05) is 19.8 Å². The van der Waals surface area contributed by atoms with Crippen LogP contribution in [0.5, 0.6) is 0 Å². The predicted molar refractivity (Wildman–Crippen MR) is 159 cm³/mol. The number of amides is 2. The Morgan fingerprint density at radius 2 is 1.86 bits per heavy atom. The molecule has 6 heterocycles. The minimum absolute atomic E-state index is 0.0451. The normalized spacial score (nSPS) is 30.9. The minimum Gasteiger partial charge on any atom is -0.442 e. The summed E-state index contributed by atoms with van der Waals surface area (Å²) >= 11 is 0. The smallest absolute Gasteiger partial charge is 0.410 e. The van der Waals surface area contributed by atoms with Crippen molar-refractivity contribution in [2.24, 2.45) is 17.8 Å². The summed E-state index contributed by atoms with van der Waals surface area (Å²) in [4.78, 5) is 37.8. The standard InChI is InChI=1S/C33H50N4O5/c1-5-6-7-26-21-36(20-25-22-41-30-27(25)9-19-40-30)31(39)42-33(26)12-17-37(18-13-33)32(4)10-15-35(16-11-32)29(38)28-23(2)8-14-34-24(28)3/h8,14,25-27,30H,5-7,9-13,15-22H2,1-4H3. The Balaban J connectivity index is 1.07. The van der Waals surface area contributed by atoms with Gasteiger partial charge < -0.3 is 24.0 Å². The molecule has 5 aliphatic heterocycles. The van der Waals surface area contributed by atoms with E-state index < -0.39 is 0 Å². The first-order valence-electron chi connectivity index (χ1n) is 16.4. The van der Waals surface area contributed by atoms with Crippen molar-refractivity contribution in [1.82, 2.24) is 19.7 Å². The summed E-state index contributed by atoms with van der Waals surface area (Å²) in [6.45, 7) is 14.8. The van der Waals surface area contributed by atoms with E-state index in [9.17, 15) is 9.59 Å². The number of rotatable bonds is 7. The van der Waals surface area contributed by atoms with Crippen LogP contribution in [0.25, 0.3) is 0 Å². The van der Waals surface area contributed by atoms with Crippen LogP contribution in [0.15, 0.2) is 12.3 Å². The van der Waals surface area contributed by atoms with Gasteiger partial charge in [-0.15, -0.1) is 0 Å². The zero-order valence-electron chi connectivity index (χ0n) is 26.1. The quantitative estimate of drug-likeness (QED) is 0.457. The molecule has 0 N–H and O–H groups in total. The van der Waals surface area contributed by atoms with Crippen LogP contribution in [0.3, 0.4) is 0 Å². The van der Waals surface area contributed by atoms with Gasteiger partial charge in [0.2, 0.25) is 0 Å². The van der Waals surface area contributed by atoms with Gasteiger partial charge in [-0.3, -0.25) is 14.7 Å². The second-order valence-corrected chi connectivity index (χ2v) is 13.8. The van der Waals surface area contributed by atoms with Crippen LogP contribution < -0.4 is 0 Å². The molecule has 232 valence electrons. The van der Waals surface area contributed by atoms with Gasteiger partial charge in [0.15, 0.2) is 6.29 Å². The van der Waals surface area contributed by atoms with Gasteiger partial charge in [-0.05, 0) is 58.1 Å². The molecule has 6 rings (SSSR count). The number of likely N-dealkylation sites (tertiary alicyclic amines) is 2. The largest absolute Gasteiger partial charge is 0.442 e. The van der Waals surface area contributed by atoms with Crippen molar-refractivity contribution in [2.45, 2.75) is 96.5 Å². The lowest BCUT2D eigenvalue weighted by atomic mass is 9.74. The molecule has 9 heteroatoms. The Hall–Kier alpha value is -2.23. The summed E-state index contributed by atoms with van der Waals surface area (Å²) in [7, 11) is 0. The summed E-state index contributed by atoms with van der Waals surface area (Å²) in [5, 5.41) is 0. The molecule has 0 saturated carbocycles. The van der Waals surface area contributed by atoms with Crippen molar-refractivity contribution in [3.8, 4) is 0 Å². The van der Waals surface area contributed by atoms with Crippen LogP contribution in [-0.4, -0.2) is 102 Å². The maximum atomic E-state index is 13.5. The van der Waals surface area contributed by atoms with Gasteiger partial charge in [0.25, 0.3) is 5.91 Å². The first kappa shape index (κ1) is 29.8. The topological polar surface area (TPSA) is 84.4 Å². The third-order valence-electron chi connectivity index (χ3n) is 11.3. The number of pyridine rings is 1. The molecule has 5 aliphatic rings. The number of aryl methyl sites for hydroxylation is 2. The Morgan fingerprint density at radius 3 is 2.57 bits per heavy atom. The zero-order valence-corrected chi connectivity index (χ0v) is 26.1. The highest BCUT2D eigenvalue weighted by atomic mass is 16.7. The molecule has 0 aliphatic carbocycles. The zero-order chi connectivity index (χ0) is 29.5. The fraction of sp³-hybridized carbons (Fsp3) is 0.788. The molecular weight excluding hydrogens is 532 g/mol. The molecule has 1 aromatic heterocycles. The Labute approximate surface area is 251 Å². The van der Waals surface area contributed by atoms with Crippen LogP contribution in [0.1, 0.15) is 86.8 Å². The molecular formula is C33H50N4O5. The Morgan fingerprint density at radius 1 is 1.10 bits per heavy atom. The highest BCUT2D eigenvalue weighted by molar-refractivity contribution is 5.96. The number of ether oxygens (including phenoxy) is 3. The van der Waals surface area contributed by atoms with E-state index in [0.717, 1.165) is 108 Å². The number of carbonyl (C=O) groups excluding carboxylic acids is 2. The number of hydrogen-bond acceptors (Lipinski definition) is 7. The maximum Gasteiger partial charge on any atom is 0.410 e. The lowest BCUT2D eigenvalue weighted by molar-refractivity contribution is -0.134. The van der Waals surface area contributed by atoms with E-state index in [1.165, 1.54) is 0 Å². The van der Waals surface area contributed by atoms with Gasteiger partial charge in [-0.2, -0.15) is 0 Å². The van der Waals surface area contributed by atoms with Crippen molar-refractivity contribution in [3.63, 3.8) is 0 Å². The number of hydrogen-bond donors (Lipinski definition) is 0. The van der Waals surface area contributed by atoms with E-state index >= 15 is 0 Å². The van der Waals surface area contributed by atoms with Gasteiger partial charge in [-0.25, -0.2) is 4.79 Å². The molecule has 9 nitrogen and oxygen atoms in total. The van der Waals surface area contributed by atoms with Crippen molar-refractivity contribution < 1.29 is 23.8 Å². The SMILES string of the molecule is CCCCC1CN(CC2COC3OCCC23)C(=O)OC12CCN(C1(C)CCN(C(=O)c3c(C)ccnc3C)CC1)CC2. The summed E-state index contributed by atoms with van der Waals surface area (Å²) in [6.07, 6.45) is 9.64. The van der Waals surface area contributed by atoms with Crippen LogP contribution in [0.4, 0.5) is 4.79 Å². The van der Waals surface area contributed by atoms with Crippen LogP contribution in [0, 0.1) is 31.6 Å². The molecule has 2 amide bonds. The molecule has 0 aromatic carbocycles. The first-order chi connectivity index (χ1) is 20.2. The van der Waals surface area contributed by atoms with Gasteiger partial charge in [0.1, 0.15) is 5.60 Å². The third-order valence-corrected chi connectivity index (χ3v) is 11.3. The van der Waals surface area contributed by atoms with Gasteiger partial charge in [0.05, 0.1) is 24.5 Å². The average Bonchev–Trinajstić information content (AvgIpc) is 3.59. The van der Waals surface area contributed by atoms with Crippen molar-refractivity contribution in [2.75, 3.05) is 52.5 Å². The molecule has 0 radical (unpaired) electrons. The first-order valence-corrected chi connectivity index (χ1v) is 16.4. The predicted octanol–water partition coefficient (Wildman–Crippen LogP) is 4.80. The van der Waals surface area contributed by atoms with Crippen LogP contribution in [0.2, 0.25) is 0 Å². The van der Waals surface area contributed by atoms with E-state index in [1.807, 2.05) is 29.7 Å². The molecule has 5 fully saturated rings. The third kappa shape index (κ3) is 5.57. The average molecular weight is 583 g/mol. The summed E-state index contributed by atoms with van der Waals surface area (Å²) in [5.74, 6) is 1.19. The highest BCUT2D eigenvalue weighted by Crippen LogP contribution is 2.44. The number of nitrogens with zero attached hydrogens (tertiary/aromatic N) is 4. The summed E-state index contributed by atoms with van der Waals surface area (Å²) in [6, 6.07) is 1.92. The summed E-state index contributed by atoms with van der Waals surface area (Å²) < 4.78 is 18.1. The van der Waals surface area contributed by atoms with Crippen molar-refractivity contribution in [1.29, 1.82) is 0 Å². The Kier molecular flexibility index (Phi) is 8.55. The monoisotopic (exact) mass is 582 g/mol. The second kappa shape index (κ2) is 12.0. The van der Waals surface area contributed by atoms with E-state index in [4.69, 9.17) is 14.2 Å². The molecule has 4 unspecified atom stereocenters. The lowest BCUT2D eigenvalue weighted by Crippen LogP contribution is -2.64. The fourth-order valence-corrected chi connectivity index (χ4v) is 8.42. The van der Waals surface area contributed by atoms with Crippen molar-refractivity contribution in [3.05, 3.63) is 29.1 Å². The number of carbonyl (C=O) groups is 2. The number of aromatic nitrogens is 1. The van der Waals surface area contributed by atoms with E-state index in [-0.39, 0.29) is 29.4 Å². The van der Waals surface area contributed by atoms with Crippen molar-refractivity contribution >= 4 is 12.0 Å². The van der Waals surface area contributed by atoms with Gasteiger partial charge >= 0.3 is 6.09 Å². The minimum atomic E-state index is -0.368. The number of piperidine rings is 2. The number of unbranched alkanes of at least 4 members (excludes halogenated alkanes) is 1. The van der Waals surface area contributed by atoms with Gasteiger partial charge in [0, 0.05) is 81.6 Å². The van der Waals surface area contributed by atoms with E-state index in [0.29, 0.717) is 30.9 Å². The van der Waals surface area contributed by atoms with Crippen LogP contribution in [-0.2, 0) is 14.2 Å². The Bertz CT molecular complexity index is 1120.